The maximum atomic E-state index is 12.8. The first-order valence-corrected chi connectivity index (χ1v) is 9.89. The molecule has 2 unspecified atom stereocenters. The molecule has 29 heavy (non-hydrogen) atoms. The summed E-state index contributed by atoms with van der Waals surface area (Å²) in [6, 6.07) is 7.70. The molecule has 0 spiro atoms. The number of aromatic nitrogens is 4. The van der Waals surface area contributed by atoms with Crippen LogP contribution in [0, 0.1) is 13.8 Å². The summed E-state index contributed by atoms with van der Waals surface area (Å²) in [5.41, 5.74) is 3.97. The van der Waals surface area contributed by atoms with E-state index in [0.29, 0.717) is 5.56 Å². The monoisotopic (exact) mass is 390 g/mol. The summed E-state index contributed by atoms with van der Waals surface area (Å²) in [7, 11) is 1.91. The van der Waals surface area contributed by atoms with Crippen LogP contribution in [0.2, 0.25) is 0 Å². The van der Waals surface area contributed by atoms with Crippen molar-refractivity contribution >= 4 is 11.9 Å². The second-order valence-corrected chi connectivity index (χ2v) is 7.79. The third-order valence-electron chi connectivity index (χ3n) is 5.45. The summed E-state index contributed by atoms with van der Waals surface area (Å²) in [6.07, 6.45) is 8.40. The third-order valence-corrected chi connectivity index (χ3v) is 5.45. The fraction of sp³-hybridized carbons (Fsp3) is 0.364. The lowest BCUT2D eigenvalue weighted by Gasteiger charge is -2.38. The molecule has 1 aliphatic rings. The predicted octanol–water partition coefficient (Wildman–Crippen LogP) is 2.62. The van der Waals surface area contributed by atoms with Crippen molar-refractivity contribution in [3.8, 4) is 0 Å². The van der Waals surface area contributed by atoms with Gasteiger partial charge in [0.15, 0.2) is 0 Å². The number of piperidine rings is 1. The van der Waals surface area contributed by atoms with E-state index in [2.05, 4.69) is 25.3 Å². The van der Waals surface area contributed by atoms with E-state index in [4.69, 9.17) is 0 Å². The fourth-order valence-corrected chi connectivity index (χ4v) is 3.78. The zero-order valence-electron chi connectivity index (χ0n) is 17.0. The van der Waals surface area contributed by atoms with Gasteiger partial charge in [0.25, 0.3) is 5.91 Å². The molecule has 0 bridgehead atoms. The Balaban J connectivity index is 1.55. The molecule has 0 saturated carbocycles. The molecule has 7 heteroatoms. The van der Waals surface area contributed by atoms with Crippen LogP contribution in [0.3, 0.4) is 0 Å². The van der Waals surface area contributed by atoms with E-state index >= 15 is 0 Å². The number of carbonyl (C=O) groups excluding carboxylic acids is 1. The molecule has 3 heterocycles. The van der Waals surface area contributed by atoms with E-state index in [9.17, 15) is 4.79 Å². The van der Waals surface area contributed by atoms with Crippen molar-refractivity contribution in [3.63, 3.8) is 0 Å². The van der Waals surface area contributed by atoms with Gasteiger partial charge in [-0.1, -0.05) is 17.7 Å². The van der Waals surface area contributed by atoms with E-state index < -0.39 is 0 Å². The summed E-state index contributed by atoms with van der Waals surface area (Å²) in [5.74, 6) is 0.800. The zero-order chi connectivity index (χ0) is 20.4. The van der Waals surface area contributed by atoms with E-state index in [-0.39, 0.29) is 17.9 Å². The SMILES string of the molecule is Cc1ccc(C(=O)NC2CCN(c3ncc(C)cn3)CC2c2cnn(C)c2)cc1. The van der Waals surface area contributed by atoms with Gasteiger partial charge in [-0.3, -0.25) is 9.48 Å². The van der Waals surface area contributed by atoms with Crippen LogP contribution in [-0.4, -0.2) is 44.8 Å². The largest absolute Gasteiger partial charge is 0.349 e. The van der Waals surface area contributed by atoms with Gasteiger partial charge in [-0.05, 0) is 43.5 Å². The number of hydrogen-bond acceptors (Lipinski definition) is 5. The maximum Gasteiger partial charge on any atom is 0.251 e. The van der Waals surface area contributed by atoms with Crippen LogP contribution in [0.25, 0.3) is 0 Å². The highest BCUT2D eigenvalue weighted by molar-refractivity contribution is 5.94. The molecule has 0 radical (unpaired) electrons. The minimum atomic E-state index is -0.0380. The molecular weight excluding hydrogens is 364 g/mol. The molecule has 7 nitrogen and oxygen atoms in total. The number of nitrogens with zero attached hydrogens (tertiary/aromatic N) is 5. The number of nitrogens with one attached hydrogen (secondary N) is 1. The summed E-state index contributed by atoms with van der Waals surface area (Å²) in [6.45, 7) is 5.52. The van der Waals surface area contributed by atoms with Gasteiger partial charge >= 0.3 is 0 Å². The Kier molecular flexibility index (Phi) is 5.29. The standard InChI is InChI=1S/C22H26N6O/c1-15-4-6-17(7-5-15)21(29)26-20-8-9-28(22-23-10-16(2)11-24-22)14-19(20)18-12-25-27(3)13-18/h4-7,10-13,19-20H,8-9,14H2,1-3H3,(H,26,29). The third kappa shape index (κ3) is 4.29. The predicted molar refractivity (Wildman–Crippen MR) is 112 cm³/mol. The van der Waals surface area contributed by atoms with Gasteiger partial charge < -0.3 is 10.2 Å². The van der Waals surface area contributed by atoms with Crippen LogP contribution >= 0.6 is 0 Å². The first-order valence-electron chi connectivity index (χ1n) is 9.89. The highest BCUT2D eigenvalue weighted by atomic mass is 16.1. The maximum absolute atomic E-state index is 12.8. The van der Waals surface area contributed by atoms with Crippen molar-refractivity contribution < 1.29 is 4.79 Å². The molecular formula is C22H26N6O. The Bertz CT molecular complexity index is 979. The number of anilines is 1. The Labute approximate surface area is 170 Å². The lowest BCUT2D eigenvalue weighted by Crippen LogP contribution is -2.50. The van der Waals surface area contributed by atoms with E-state index in [0.717, 1.165) is 42.1 Å². The number of carbonyl (C=O) groups is 1. The van der Waals surface area contributed by atoms with Gasteiger partial charge in [0.1, 0.15) is 0 Å². The lowest BCUT2D eigenvalue weighted by atomic mass is 9.87. The molecule has 4 rings (SSSR count). The second-order valence-electron chi connectivity index (χ2n) is 7.79. The molecule has 2 aromatic heterocycles. The summed E-state index contributed by atoms with van der Waals surface area (Å²) >= 11 is 0. The van der Waals surface area contributed by atoms with Crippen molar-refractivity contribution in [1.82, 2.24) is 25.1 Å². The number of benzene rings is 1. The minimum Gasteiger partial charge on any atom is -0.349 e. The Morgan fingerprint density at radius 1 is 1.07 bits per heavy atom. The smallest absolute Gasteiger partial charge is 0.251 e. The normalized spacial score (nSPS) is 19.2. The molecule has 1 aromatic carbocycles. The van der Waals surface area contributed by atoms with Crippen molar-refractivity contribution in [2.24, 2.45) is 7.05 Å². The van der Waals surface area contributed by atoms with Crippen LogP contribution in [0.15, 0.2) is 49.1 Å². The van der Waals surface area contributed by atoms with Crippen molar-refractivity contribution in [3.05, 3.63) is 71.3 Å². The molecule has 1 saturated heterocycles. The molecule has 1 amide bonds. The quantitative estimate of drug-likeness (QED) is 0.741. The second kappa shape index (κ2) is 8.03. The average Bonchev–Trinajstić information content (AvgIpc) is 3.15. The zero-order valence-corrected chi connectivity index (χ0v) is 17.0. The highest BCUT2D eigenvalue weighted by Gasteiger charge is 2.33. The fourth-order valence-electron chi connectivity index (χ4n) is 3.78. The van der Waals surface area contributed by atoms with Gasteiger partial charge in [0, 0.05) is 56.3 Å². The Morgan fingerprint density at radius 2 is 1.79 bits per heavy atom. The first kappa shape index (κ1) is 19.1. The van der Waals surface area contributed by atoms with Crippen LogP contribution in [0.4, 0.5) is 5.95 Å². The van der Waals surface area contributed by atoms with E-state index in [1.165, 1.54) is 0 Å². The molecule has 0 aliphatic carbocycles. The lowest BCUT2D eigenvalue weighted by molar-refractivity contribution is 0.0925. The molecule has 1 fully saturated rings. The Morgan fingerprint density at radius 3 is 2.45 bits per heavy atom. The first-order chi connectivity index (χ1) is 14.0. The number of rotatable bonds is 4. The summed E-state index contributed by atoms with van der Waals surface area (Å²) in [4.78, 5) is 24.0. The average molecular weight is 390 g/mol. The molecule has 150 valence electrons. The number of amides is 1. The summed E-state index contributed by atoms with van der Waals surface area (Å²) < 4.78 is 1.80. The van der Waals surface area contributed by atoms with E-state index in [1.807, 2.05) is 69.9 Å². The Hall–Kier alpha value is -3.22. The molecule has 3 aromatic rings. The van der Waals surface area contributed by atoms with Gasteiger partial charge in [-0.2, -0.15) is 5.10 Å². The minimum absolute atomic E-state index is 0.0229. The number of hydrogen-bond donors (Lipinski definition) is 1. The molecule has 1 aliphatic heterocycles. The van der Waals surface area contributed by atoms with Crippen LogP contribution in [0.1, 0.15) is 39.4 Å². The molecule has 1 N–H and O–H groups in total. The molecule has 2 atom stereocenters. The van der Waals surface area contributed by atoms with Crippen LogP contribution in [-0.2, 0) is 7.05 Å². The highest BCUT2D eigenvalue weighted by Crippen LogP contribution is 2.29. The topological polar surface area (TPSA) is 75.9 Å². The van der Waals surface area contributed by atoms with Crippen LogP contribution in [0.5, 0.6) is 0 Å². The van der Waals surface area contributed by atoms with Crippen molar-refractivity contribution in [2.75, 3.05) is 18.0 Å². The van der Waals surface area contributed by atoms with Gasteiger partial charge in [0.2, 0.25) is 5.95 Å². The number of aryl methyl sites for hydroxylation is 3. The van der Waals surface area contributed by atoms with Gasteiger partial charge in [-0.15, -0.1) is 0 Å². The van der Waals surface area contributed by atoms with Crippen molar-refractivity contribution in [2.45, 2.75) is 32.2 Å². The van der Waals surface area contributed by atoms with Crippen molar-refractivity contribution in [1.29, 1.82) is 0 Å². The van der Waals surface area contributed by atoms with E-state index in [1.54, 1.807) is 4.68 Å². The van der Waals surface area contributed by atoms with Gasteiger partial charge in [0.05, 0.1) is 6.20 Å². The van der Waals surface area contributed by atoms with Gasteiger partial charge in [-0.25, -0.2) is 9.97 Å². The van der Waals surface area contributed by atoms with Crippen LogP contribution < -0.4 is 10.2 Å². The summed E-state index contributed by atoms with van der Waals surface area (Å²) in [5, 5.41) is 7.59.